The number of piperazine rings is 1. The highest BCUT2D eigenvalue weighted by Crippen LogP contribution is 2.36. The Balaban J connectivity index is 1.96. The third-order valence-electron chi connectivity index (χ3n) is 3.70. The number of ether oxygens (including phenoxy) is 1. The Morgan fingerprint density at radius 1 is 1.22 bits per heavy atom. The van der Waals surface area contributed by atoms with Crippen LogP contribution in [0.25, 0.3) is 0 Å². The Morgan fingerprint density at radius 2 is 1.87 bits per heavy atom. The van der Waals surface area contributed by atoms with Crippen LogP contribution in [-0.2, 0) is 10.9 Å². The summed E-state index contributed by atoms with van der Waals surface area (Å²) in [5.74, 6) is 0. The van der Waals surface area contributed by atoms with Crippen molar-refractivity contribution in [3.8, 4) is 0 Å². The standard InChI is InChI=1S/C15H20F3N3O2/c1-23-11-6-19-14(22)21-9-7-20(8-10-21)13-5-3-2-4-12(13)15(16,17)18/h2-5H,6-11H2,1H3,(H,19,22). The first-order valence-electron chi connectivity index (χ1n) is 7.36. The maximum Gasteiger partial charge on any atom is 0.418 e. The van der Waals surface area contributed by atoms with Gasteiger partial charge in [0.2, 0.25) is 0 Å². The molecule has 1 aromatic carbocycles. The molecule has 5 nitrogen and oxygen atoms in total. The summed E-state index contributed by atoms with van der Waals surface area (Å²) in [6.45, 7) is 2.32. The lowest BCUT2D eigenvalue weighted by molar-refractivity contribution is -0.137. The molecule has 0 unspecified atom stereocenters. The first kappa shape index (κ1) is 17.4. The van der Waals surface area contributed by atoms with Gasteiger partial charge in [0.25, 0.3) is 0 Å². The van der Waals surface area contributed by atoms with E-state index >= 15 is 0 Å². The number of para-hydroxylation sites is 1. The Labute approximate surface area is 133 Å². The average Bonchev–Trinajstić information content (AvgIpc) is 2.54. The molecule has 0 spiro atoms. The summed E-state index contributed by atoms with van der Waals surface area (Å²) in [5.41, 5.74) is -0.475. The number of carbonyl (C=O) groups is 1. The van der Waals surface area contributed by atoms with Gasteiger partial charge in [-0.05, 0) is 12.1 Å². The van der Waals surface area contributed by atoms with Crippen LogP contribution in [0.1, 0.15) is 5.56 Å². The second kappa shape index (κ2) is 7.54. The molecule has 0 radical (unpaired) electrons. The van der Waals surface area contributed by atoms with E-state index in [0.717, 1.165) is 6.07 Å². The van der Waals surface area contributed by atoms with Gasteiger partial charge in [-0.3, -0.25) is 0 Å². The molecule has 1 aromatic rings. The summed E-state index contributed by atoms with van der Waals surface area (Å²) in [4.78, 5) is 15.2. The molecule has 1 heterocycles. The van der Waals surface area contributed by atoms with Gasteiger partial charge in [0.05, 0.1) is 12.2 Å². The van der Waals surface area contributed by atoms with Crippen LogP contribution in [0.4, 0.5) is 23.7 Å². The zero-order chi connectivity index (χ0) is 16.9. The molecule has 1 aliphatic heterocycles. The molecular formula is C15H20F3N3O2. The molecular weight excluding hydrogens is 311 g/mol. The summed E-state index contributed by atoms with van der Waals surface area (Å²) >= 11 is 0. The number of urea groups is 1. The van der Waals surface area contributed by atoms with Gasteiger partial charge in [-0.15, -0.1) is 0 Å². The molecule has 2 rings (SSSR count). The predicted octanol–water partition coefficient (Wildman–Crippen LogP) is 2.18. The van der Waals surface area contributed by atoms with Crippen molar-refractivity contribution in [3.63, 3.8) is 0 Å². The minimum Gasteiger partial charge on any atom is -0.383 e. The highest BCUT2D eigenvalue weighted by atomic mass is 19.4. The Kier molecular flexibility index (Phi) is 5.70. The molecule has 1 aliphatic rings. The SMILES string of the molecule is COCCNC(=O)N1CCN(c2ccccc2C(F)(F)F)CC1. The Morgan fingerprint density at radius 3 is 2.48 bits per heavy atom. The first-order valence-corrected chi connectivity index (χ1v) is 7.36. The fraction of sp³-hybridized carbons (Fsp3) is 0.533. The summed E-state index contributed by atoms with van der Waals surface area (Å²) < 4.78 is 44.1. The van der Waals surface area contributed by atoms with Crippen LogP contribution in [0.2, 0.25) is 0 Å². The second-order valence-corrected chi connectivity index (χ2v) is 5.21. The molecule has 23 heavy (non-hydrogen) atoms. The third kappa shape index (κ3) is 4.51. The number of nitrogens with zero attached hydrogens (tertiary/aromatic N) is 2. The number of halogens is 3. The molecule has 1 saturated heterocycles. The van der Waals surface area contributed by atoms with Crippen LogP contribution in [-0.4, -0.2) is 57.4 Å². The number of benzene rings is 1. The van der Waals surface area contributed by atoms with E-state index in [1.54, 1.807) is 23.0 Å². The van der Waals surface area contributed by atoms with Crippen LogP contribution in [0.15, 0.2) is 24.3 Å². The van der Waals surface area contributed by atoms with Gasteiger partial charge in [0, 0.05) is 45.5 Å². The number of methoxy groups -OCH3 is 1. The van der Waals surface area contributed by atoms with Crippen LogP contribution < -0.4 is 10.2 Å². The van der Waals surface area contributed by atoms with E-state index in [0.29, 0.717) is 39.3 Å². The Hall–Kier alpha value is -1.96. The number of nitrogens with one attached hydrogen (secondary N) is 1. The van der Waals surface area contributed by atoms with E-state index in [9.17, 15) is 18.0 Å². The second-order valence-electron chi connectivity index (χ2n) is 5.21. The summed E-state index contributed by atoms with van der Waals surface area (Å²) in [6, 6.07) is 5.31. The van der Waals surface area contributed by atoms with Crippen molar-refractivity contribution >= 4 is 11.7 Å². The maximum absolute atomic E-state index is 13.1. The van der Waals surface area contributed by atoms with Gasteiger partial charge in [-0.2, -0.15) is 13.2 Å². The molecule has 0 saturated carbocycles. The molecule has 1 N–H and O–H groups in total. The zero-order valence-corrected chi connectivity index (χ0v) is 12.9. The fourth-order valence-electron chi connectivity index (χ4n) is 2.51. The summed E-state index contributed by atoms with van der Waals surface area (Å²) in [7, 11) is 1.54. The van der Waals surface area contributed by atoms with E-state index in [1.807, 2.05) is 0 Å². The summed E-state index contributed by atoms with van der Waals surface area (Å²) in [5, 5.41) is 2.71. The highest BCUT2D eigenvalue weighted by Gasteiger charge is 2.35. The van der Waals surface area contributed by atoms with E-state index in [1.165, 1.54) is 12.1 Å². The van der Waals surface area contributed by atoms with Gasteiger partial charge in [0.15, 0.2) is 0 Å². The summed E-state index contributed by atoms with van der Waals surface area (Å²) in [6.07, 6.45) is -4.38. The van der Waals surface area contributed by atoms with E-state index in [2.05, 4.69) is 5.32 Å². The number of hydrogen-bond donors (Lipinski definition) is 1. The average molecular weight is 331 g/mol. The van der Waals surface area contributed by atoms with Crippen molar-refractivity contribution in [1.82, 2.24) is 10.2 Å². The fourth-order valence-corrected chi connectivity index (χ4v) is 2.51. The number of anilines is 1. The molecule has 8 heteroatoms. The molecule has 0 aliphatic carbocycles. The molecule has 0 bridgehead atoms. The topological polar surface area (TPSA) is 44.8 Å². The number of carbonyl (C=O) groups excluding carboxylic acids is 1. The lowest BCUT2D eigenvalue weighted by Gasteiger charge is -2.37. The van der Waals surface area contributed by atoms with Crippen LogP contribution in [0.5, 0.6) is 0 Å². The van der Waals surface area contributed by atoms with Gasteiger partial charge in [-0.1, -0.05) is 12.1 Å². The van der Waals surface area contributed by atoms with Crippen molar-refractivity contribution in [2.45, 2.75) is 6.18 Å². The van der Waals surface area contributed by atoms with Gasteiger partial charge >= 0.3 is 12.2 Å². The van der Waals surface area contributed by atoms with Crippen molar-refractivity contribution in [2.24, 2.45) is 0 Å². The van der Waals surface area contributed by atoms with Crippen molar-refractivity contribution in [3.05, 3.63) is 29.8 Å². The number of rotatable bonds is 4. The molecule has 128 valence electrons. The van der Waals surface area contributed by atoms with Crippen molar-refractivity contribution < 1.29 is 22.7 Å². The number of amides is 2. The van der Waals surface area contributed by atoms with Crippen molar-refractivity contribution in [2.75, 3.05) is 51.3 Å². The normalized spacial score (nSPS) is 15.7. The largest absolute Gasteiger partial charge is 0.418 e. The molecule has 2 amide bonds. The molecule has 0 atom stereocenters. The van der Waals surface area contributed by atoms with Gasteiger partial charge in [0.1, 0.15) is 0 Å². The van der Waals surface area contributed by atoms with Crippen LogP contribution >= 0.6 is 0 Å². The maximum atomic E-state index is 13.1. The predicted molar refractivity (Wildman–Crippen MR) is 80.5 cm³/mol. The molecule has 0 aromatic heterocycles. The quantitative estimate of drug-likeness (QED) is 0.860. The molecule has 1 fully saturated rings. The Bertz CT molecular complexity index is 529. The lowest BCUT2D eigenvalue weighted by Crippen LogP contribution is -2.52. The minimum atomic E-state index is -4.38. The highest BCUT2D eigenvalue weighted by molar-refractivity contribution is 5.74. The zero-order valence-electron chi connectivity index (χ0n) is 12.9. The van der Waals surface area contributed by atoms with Gasteiger partial charge < -0.3 is 19.9 Å². The number of hydrogen-bond acceptors (Lipinski definition) is 3. The van der Waals surface area contributed by atoms with E-state index in [4.69, 9.17) is 4.74 Å². The smallest absolute Gasteiger partial charge is 0.383 e. The minimum absolute atomic E-state index is 0.166. The van der Waals surface area contributed by atoms with E-state index in [-0.39, 0.29) is 11.7 Å². The first-order chi connectivity index (χ1) is 10.9. The lowest BCUT2D eigenvalue weighted by atomic mass is 10.1. The van der Waals surface area contributed by atoms with E-state index < -0.39 is 11.7 Å². The van der Waals surface area contributed by atoms with Crippen LogP contribution in [0, 0.1) is 0 Å². The van der Waals surface area contributed by atoms with Gasteiger partial charge in [-0.25, -0.2) is 4.79 Å². The third-order valence-corrected chi connectivity index (χ3v) is 3.70. The van der Waals surface area contributed by atoms with Crippen LogP contribution in [0.3, 0.4) is 0 Å². The monoisotopic (exact) mass is 331 g/mol. The number of alkyl halides is 3. The van der Waals surface area contributed by atoms with Crippen molar-refractivity contribution in [1.29, 1.82) is 0 Å².